The summed E-state index contributed by atoms with van der Waals surface area (Å²) in [5, 5.41) is 13.3. The van der Waals surface area contributed by atoms with Crippen LogP contribution in [0.5, 0.6) is 5.75 Å². The van der Waals surface area contributed by atoms with Crippen LogP contribution >= 0.6 is 0 Å². The maximum atomic E-state index is 13.2. The van der Waals surface area contributed by atoms with Crippen LogP contribution in [0.1, 0.15) is 47.4 Å². The van der Waals surface area contributed by atoms with E-state index < -0.39 is 6.09 Å². The second-order valence-electron chi connectivity index (χ2n) is 8.68. The van der Waals surface area contributed by atoms with Gasteiger partial charge < -0.3 is 24.5 Å². The van der Waals surface area contributed by atoms with Gasteiger partial charge in [0.25, 0.3) is 5.91 Å². The number of hydrogen-bond acceptors (Lipinski definition) is 4. The van der Waals surface area contributed by atoms with Crippen LogP contribution in [0.2, 0.25) is 0 Å². The lowest BCUT2D eigenvalue weighted by atomic mass is 9.97. The average Bonchev–Trinajstić information content (AvgIpc) is 3.25. The van der Waals surface area contributed by atoms with Crippen molar-refractivity contribution in [1.82, 2.24) is 10.2 Å². The Labute approximate surface area is 186 Å². The number of ether oxygens (including phenoxy) is 1. The maximum absolute atomic E-state index is 13.2. The minimum absolute atomic E-state index is 0.0169. The Morgan fingerprint density at radius 3 is 2.53 bits per heavy atom. The Kier molecular flexibility index (Phi) is 5.25. The number of fused-ring (bicyclic) bond motifs is 3. The van der Waals surface area contributed by atoms with Crippen molar-refractivity contribution >= 4 is 23.0 Å². The number of rotatable bonds is 5. The fraction of sp³-hybridized carbons (Fsp3) is 0.360. The molecule has 2 N–H and O–H groups in total. The fourth-order valence-electron chi connectivity index (χ4n) is 5.18. The normalized spacial score (nSPS) is 22.2. The molecule has 3 heterocycles. The summed E-state index contributed by atoms with van der Waals surface area (Å²) in [6.45, 7) is 2.23. The van der Waals surface area contributed by atoms with Crippen molar-refractivity contribution in [3.05, 3.63) is 65.4 Å². The lowest BCUT2D eigenvalue weighted by molar-refractivity contribution is 0.0810. The van der Waals surface area contributed by atoms with Crippen molar-refractivity contribution in [2.24, 2.45) is 0 Å². The monoisotopic (exact) mass is 434 g/mol. The fourth-order valence-corrected chi connectivity index (χ4v) is 5.18. The molecule has 0 spiro atoms. The number of aryl methyl sites for hydroxylation is 1. The molecular formula is C25H26N2O5. The molecule has 2 fully saturated rings. The molecule has 1 aromatic heterocycles. The summed E-state index contributed by atoms with van der Waals surface area (Å²) in [5.74, 6) is 1.04. The third kappa shape index (κ3) is 3.79. The molecule has 0 unspecified atom stereocenters. The van der Waals surface area contributed by atoms with Gasteiger partial charge in [0, 0.05) is 23.5 Å². The molecule has 7 nitrogen and oxygen atoms in total. The van der Waals surface area contributed by atoms with E-state index in [2.05, 4.69) is 5.32 Å². The zero-order valence-electron chi connectivity index (χ0n) is 17.9. The molecule has 2 aromatic carbocycles. The van der Waals surface area contributed by atoms with Gasteiger partial charge in [0.2, 0.25) is 0 Å². The van der Waals surface area contributed by atoms with Crippen molar-refractivity contribution in [3.63, 3.8) is 0 Å². The molecule has 2 aliphatic rings. The van der Waals surface area contributed by atoms with E-state index in [0.29, 0.717) is 42.1 Å². The highest BCUT2D eigenvalue weighted by atomic mass is 16.5. The second kappa shape index (κ2) is 8.22. The van der Waals surface area contributed by atoms with Crippen molar-refractivity contribution in [2.75, 3.05) is 0 Å². The number of nitrogens with zero attached hydrogens (tertiary/aromatic N) is 1. The predicted molar refractivity (Wildman–Crippen MR) is 119 cm³/mol. The van der Waals surface area contributed by atoms with E-state index in [-0.39, 0.29) is 24.0 Å². The number of carbonyl (C=O) groups is 2. The topological polar surface area (TPSA) is 92.0 Å². The Bertz CT molecular complexity index is 1140. The van der Waals surface area contributed by atoms with Crippen LogP contribution in [0.15, 0.2) is 52.9 Å². The first-order valence-corrected chi connectivity index (χ1v) is 11.0. The quantitative estimate of drug-likeness (QED) is 0.606. The molecule has 0 aliphatic carbocycles. The Balaban J connectivity index is 1.32. The van der Waals surface area contributed by atoms with Crippen molar-refractivity contribution < 1.29 is 23.8 Å². The lowest BCUT2D eigenvalue weighted by Crippen LogP contribution is -2.52. The van der Waals surface area contributed by atoms with Gasteiger partial charge in [0.1, 0.15) is 23.7 Å². The summed E-state index contributed by atoms with van der Waals surface area (Å²) in [6, 6.07) is 15.3. The van der Waals surface area contributed by atoms with Crippen LogP contribution in [0, 0.1) is 6.92 Å². The van der Waals surface area contributed by atoms with Gasteiger partial charge in [-0.2, -0.15) is 0 Å². The van der Waals surface area contributed by atoms with Crippen LogP contribution in [0.4, 0.5) is 4.79 Å². The summed E-state index contributed by atoms with van der Waals surface area (Å²) in [4.78, 5) is 26.3. The number of carbonyl (C=O) groups excluding carboxylic acids is 1. The van der Waals surface area contributed by atoms with Gasteiger partial charge >= 0.3 is 6.09 Å². The van der Waals surface area contributed by atoms with E-state index in [4.69, 9.17) is 9.15 Å². The average molecular weight is 434 g/mol. The van der Waals surface area contributed by atoms with Crippen LogP contribution in [0.25, 0.3) is 11.0 Å². The van der Waals surface area contributed by atoms with E-state index in [0.717, 1.165) is 23.8 Å². The third-order valence-corrected chi connectivity index (χ3v) is 6.60. The molecule has 3 aromatic rings. The van der Waals surface area contributed by atoms with E-state index in [1.54, 1.807) is 11.8 Å². The third-order valence-electron chi connectivity index (χ3n) is 6.60. The molecule has 2 saturated heterocycles. The smallest absolute Gasteiger partial charge is 0.407 e. The van der Waals surface area contributed by atoms with Crippen molar-refractivity contribution in [1.29, 1.82) is 0 Å². The number of benzene rings is 2. The molecule has 2 amide bonds. The molecule has 2 bridgehead atoms. The number of piperidine rings is 1. The molecule has 32 heavy (non-hydrogen) atoms. The van der Waals surface area contributed by atoms with Gasteiger partial charge in [-0.15, -0.1) is 0 Å². The molecule has 0 saturated carbocycles. The van der Waals surface area contributed by atoms with E-state index >= 15 is 0 Å². The van der Waals surface area contributed by atoms with Crippen LogP contribution in [-0.2, 0) is 6.61 Å². The van der Waals surface area contributed by atoms with Gasteiger partial charge in [0.15, 0.2) is 0 Å². The highest BCUT2D eigenvalue weighted by Crippen LogP contribution is 2.36. The summed E-state index contributed by atoms with van der Waals surface area (Å²) in [5.41, 5.74) is 2.22. The van der Waals surface area contributed by atoms with Crippen LogP contribution < -0.4 is 10.1 Å². The first-order valence-electron chi connectivity index (χ1n) is 11.0. The molecule has 7 heteroatoms. The van der Waals surface area contributed by atoms with E-state index in [1.807, 2.05) is 48.5 Å². The summed E-state index contributed by atoms with van der Waals surface area (Å²) in [6.07, 6.45) is 2.16. The van der Waals surface area contributed by atoms with Crippen molar-refractivity contribution in [2.45, 2.75) is 57.3 Å². The maximum Gasteiger partial charge on any atom is 0.407 e. The number of amides is 2. The van der Waals surface area contributed by atoms with Crippen LogP contribution in [0.3, 0.4) is 0 Å². The molecule has 3 atom stereocenters. The number of furan rings is 1. The Morgan fingerprint density at radius 2 is 1.84 bits per heavy atom. The van der Waals surface area contributed by atoms with Crippen molar-refractivity contribution in [3.8, 4) is 5.75 Å². The zero-order valence-corrected chi connectivity index (χ0v) is 17.9. The number of nitrogens with one attached hydrogen (secondary N) is 1. The van der Waals surface area contributed by atoms with Gasteiger partial charge in [-0.05, 0) is 56.4 Å². The summed E-state index contributed by atoms with van der Waals surface area (Å²) < 4.78 is 11.8. The number of hydrogen-bond donors (Lipinski definition) is 2. The van der Waals surface area contributed by atoms with E-state index in [1.165, 1.54) is 0 Å². The minimum atomic E-state index is -0.859. The second-order valence-corrected chi connectivity index (χ2v) is 8.68. The Morgan fingerprint density at radius 1 is 1.12 bits per heavy atom. The zero-order chi connectivity index (χ0) is 22.2. The first-order chi connectivity index (χ1) is 15.5. The van der Waals surface area contributed by atoms with Gasteiger partial charge in [-0.1, -0.05) is 30.3 Å². The largest absolute Gasteiger partial charge is 0.489 e. The lowest BCUT2D eigenvalue weighted by Gasteiger charge is -2.37. The summed E-state index contributed by atoms with van der Waals surface area (Å²) >= 11 is 0. The minimum Gasteiger partial charge on any atom is -0.489 e. The highest BCUT2D eigenvalue weighted by Gasteiger charge is 2.43. The van der Waals surface area contributed by atoms with Gasteiger partial charge in [-0.3, -0.25) is 4.79 Å². The Hall–Kier alpha value is -3.48. The molecule has 5 rings (SSSR count). The molecular weight excluding hydrogens is 408 g/mol. The molecule has 166 valence electrons. The highest BCUT2D eigenvalue weighted by molar-refractivity contribution is 6.07. The predicted octanol–water partition coefficient (Wildman–Crippen LogP) is 4.72. The van der Waals surface area contributed by atoms with Gasteiger partial charge in [0.05, 0.1) is 5.56 Å². The molecule has 2 aliphatic heterocycles. The summed E-state index contributed by atoms with van der Waals surface area (Å²) in [7, 11) is 0. The standard InChI is InChI=1S/C25H26N2O5/c1-15-23(24(28)26-17-11-18-7-8-19(12-17)27(18)25(29)30)21-13-20(9-10-22(21)32-15)31-14-16-5-3-2-4-6-16/h2-6,9-10,13,17-19H,7-8,11-12,14H2,1H3,(H,26,28)(H,29,30)/t17-,18-,19+. The molecule has 0 radical (unpaired) electrons. The number of carboxylic acid groups (broad SMARTS) is 1. The van der Waals surface area contributed by atoms with Crippen LogP contribution in [-0.4, -0.2) is 40.1 Å². The first kappa shape index (κ1) is 20.4. The SMILES string of the molecule is Cc1oc2ccc(OCc3ccccc3)cc2c1C(=O)N[C@@H]1C[C@H]2CC[C@@H](C1)N2C(=O)O. The van der Waals surface area contributed by atoms with E-state index in [9.17, 15) is 14.7 Å². The van der Waals surface area contributed by atoms with Gasteiger partial charge in [-0.25, -0.2) is 4.79 Å².